The van der Waals surface area contributed by atoms with E-state index < -0.39 is 0 Å². The van der Waals surface area contributed by atoms with Crippen molar-refractivity contribution < 1.29 is 4.74 Å². The predicted molar refractivity (Wildman–Crippen MR) is 86.6 cm³/mol. The van der Waals surface area contributed by atoms with Crippen molar-refractivity contribution >= 4 is 0 Å². The molecule has 0 saturated carbocycles. The van der Waals surface area contributed by atoms with E-state index in [0.717, 1.165) is 38.3 Å². The molecule has 0 aliphatic rings. The summed E-state index contributed by atoms with van der Waals surface area (Å²) in [6, 6.07) is 9.12. The van der Waals surface area contributed by atoms with E-state index in [9.17, 15) is 0 Å². The van der Waals surface area contributed by atoms with Crippen LogP contribution in [0.1, 0.15) is 32.3 Å². The zero-order valence-corrected chi connectivity index (χ0v) is 13.5. The van der Waals surface area contributed by atoms with E-state index in [1.807, 2.05) is 0 Å². The zero-order valence-electron chi connectivity index (χ0n) is 13.5. The fourth-order valence-electron chi connectivity index (χ4n) is 2.16. The van der Waals surface area contributed by atoms with Gasteiger partial charge in [-0.25, -0.2) is 0 Å². The first kappa shape index (κ1) is 17.0. The van der Waals surface area contributed by atoms with Crippen LogP contribution in [0.25, 0.3) is 0 Å². The molecule has 1 unspecified atom stereocenters. The lowest BCUT2D eigenvalue weighted by Crippen LogP contribution is -2.25. The molecule has 0 saturated heterocycles. The summed E-state index contributed by atoms with van der Waals surface area (Å²) in [7, 11) is 4.17. The van der Waals surface area contributed by atoms with Crippen LogP contribution in [0.2, 0.25) is 0 Å². The second-order valence-corrected chi connectivity index (χ2v) is 5.65. The fraction of sp³-hybridized carbons (Fsp3) is 0.647. The second kappa shape index (κ2) is 9.78. The van der Waals surface area contributed by atoms with Gasteiger partial charge in [-0.3, -0.25) is 0 Å². The molecule has 0 aliphatic heterocycles. The first-order valence-corrected chi connectivity index (χ1v) is 7.71. The lowest BCUT2D eigenvalue weighted by atomic mass is 10.1. The van der Waals surface area contributed by atoms with Gasteiger partial charge in [-0.05, 0) is 64.5 Å². The Balaban J connectivity index is 2.25. The van der Waals surface area contributed by atoms with Crippen LogP contribution in [0.3, 0.4) is 0 Å². The Labute approximate surface area is 124 Å². The molecule has 1 rings (SSSR count). The Bertz CT molecular complexity index is 349. The van der Waals surface area contributed by atoms with Crippen molar-refractivity contribution in [2.75, 3.05) is 33.8 Å². The van der Waals surface area contributed by atoms with Crippen molar-refractivity contribution in [3.8, 4) is 5.75 Å². The maximum Gasteiger partial charge on any atom is 0.119 e. The first-order valence-electron chi connectivity index (χ1n) is 7.71. The summed E-state index contributed by atoms with van der Waals surface area (Å²) in [5.74, 6) is 0.979. The van der Waals surface area contributed by atoms with Gasteiger partial charge in [-0.15, -0.1) is 0 Å². The van der Waals surface area contributed by atoms with Gasteiger partial charge in [-0.2, -0.15) is 0 Å². The van der Waals surface area contributed by atoms with Gasteiger partial charge in [-0.1, -0.05) is 19.1 Å². The molecule has 0 heterocycles. The molecule has 0 fully saturated rings. The Morgan fingerprint density at radius 1 is 1.20 bits per heavy atom. The molecule has 0 spiro atoms. The first-order chi connectivity index (χ1) is 9.61. The van der Waals surface area contributed by atoms with E-state index in [4.69, 9.17) is 4.74 Å². The van der Waals surface area contributed by atoms with Gasteiger partial charge in [0, 0.05) is 12.6 Å². The van der Waals surface area contributed by atoms with Crippen LogP contribution >= 0.6 is 0 Å². The lowest BCUT2D eigenvalue weighted by molar-refractivity contribution is 0.281. The van der Waals surface area contributed by atoms with Crippen LogP contribution in [0.4, 0.5) is 0 Å². The van der Waals surface area contributed by atoms with E-state index >= 15 is 0 Å². The van der Waals surface area contributed by atoms with Crippen LogP contribution < -0.4 is 10.1 Å². The Morgan fingerprint density at radius 3 is 2.50 bits per heavy atom. The molecule has 0 bridgehead atoms. The molecule has 3 nitrogen and oxygen atoms in total. The molecular formula is C17H30N2O. The lowest BCUT2D eigenvalue weighted by Gasteiger charge is -2.12. The molecule has 0 aliphatic carbocycles. The molecule has 1 N–H and O–H groups in total. The summed E-state index contributed by atoms with van der Waals surface area (Å²) in [5.41, 5.74) is 1.38. The number of rotatable bonds is 10. The van der Waals surface area contributed by atoms with E-state index in [1.54, 1.807) is 0 Å². The number of nitrogens with zero attached hydrogens (tertiary/aromatic N) is 1. The predicted octanol–water partition coefficient (Wildman–Crippen LogP) is 2.95. The monoisotopic (exact) mass is 278 g/mol. The summed E-state index contributed by atoms with van der Waals surface area (Å²) >= 11 is 0. The number of nitrogens with one attached hydrogen (secondary N) is 1. The van der Waals surface area contributed by atoms with Gasteiger partial charge in [0.2, 0.25) is 0 Å². The molecule has 0 aromatic heterocycles. The molecule has 3 heteroatoms. The van der Waals surface area contributed by atoms with Gasteiger partial charge < -0.3 is 15.0 Å². The zero-order chi connectivity index (χ0) is 14.8. The van der Waals surface area contributed by atoms with Crippen molar-refractivity contribution in [2.24, 2.45) is 0 Å². The third-order valence-electron chi connectivity index (χ3n) is 3.36. The van der Waals surface area contributed by atoms with Crippen molar-refractivity contribution in [1.29, 1.82) is 0 Å². The maximum absolute atomic E-state index is 5.74. The standard InChI is InChI=1S/C17H30N2O/c1-5-18-15(2)7-8-16-9-11-17(12-10-16)20-14-6-13-19(3)4/h9-12,15,18H,5-8,13-14H2,1-4H3. The van der Waals surface area contributed by atoms with Crippen LogP contribution in [0, 0.1) is 0 Å². The fourth-order valence-corrected chi connectivity index (χ4v) is 2.16. The third kappa shape index (κ3) is 7.51. The van der Waals surface area contributed by atoms with E-state index in [-0.39, 0.29) is 0 Å². The van der Waals surface area contributed by atoms with E-state index in [1.165, 1.54) is 12.0 Å². The summed E-state index contributed by atoms with van der Waals surface area (Å²) in [4.78, 5) is 2.18. The molecule has 114 valence electrons. The number of ether oxygens (including phenoxy) is 1. The number of aryl methyl sites for hydroxylation is 1. The molecule has 1 atom stereocenters. The van der Waals surface area contributed by atoms with Gasteiger partial charge in [0.05, 0.1) is 6.61 Å². The summed E-state index contributed by atoms with van der Waals surface area (Å²) in [6.07, 6.45) is 3.36. The minimum absolute atomic E-state index is 0.585. The van der Waals surface area contributed by atoms with Gasteiger partial charge >= 0.3 is 0 Å². The quantitative estimate of drug-likeness (QED) is 0.666. The summed E-state index contributed by atoms with van der Waals surface area (Å²) in [5, 5.41) is 3.44. The van der Waals surface area contributed by atoms with Crippen LogP contribution in [-0.4, -0.2) is 44.7 Å². The normalized spacial score (nSPS) is 12.7. The van der Waals surface area contributed by atoms with Gasteiger partial charge in [0.25, 0.3) is 0 Å². The average Bonchev–Trinajstić information content (AvgIpc) is 2.43. The number of benzene rings is 1. The SMILES string of the molecule is CCNC(C)CCc1ccc(OCCCN(C)C)cc1. The van der Waals surface area contributed by atoms with E-state index in [0.29, 0.717) is 6.04 Å². The molecule has 0 amide bonds. The highest BCUT2D eigenvalue weighted by Crippen LogP contribution is 2.14. The highest BCUT2D eigenvalue weighted by atomic mass is 16.5. The maximum atomic E-state index is 5.74. The van der Waals surface area contributed by atoms with Crippen molar-refractivity contribution in [1.82, 2.24) is 10.2 Å². The van der Waals surface area contributed by atoms with Crippen LogP contribution in [0.15, 0.2) is 24.3 Å². The third-order valence-corrected chi connectivity index (χ3v) is 3.36. The molecule has 20 heavy (non-hydrogen) atoms. The highest BCUT2D eigenvalue weighted by Gasteiger charge is 2.01. The summed E-state index contributed by atoms with van der Waals surface area (Å²) in [6.45, 7) is 7.29. The topological polar surface area (TPSA) is 24.5 Å². The minimum Gasteiger partial charge on any atom is -0.494 e. The number of hydrogen-bond donors (Lipinski definition) is 1. The second-order valence-electron chi connectivity index (χ2n) is 5.65. The Morgan fingerprint density at radius 2 is 1.90 bits per heavy atom. The van der Waals surface area contributed by atoms with Gasteiger partial charge in [0.1, 0.15) is 5.75 Å². The smallest absolute Gasteiger partial charge is 0.119 e. The Kier molecular flexibility index (Phi) is 8.31. The van der Waals surface area contributed by atoms with Crippen molar-refractivity contribution in [2.45, 2.75) is 39.2 Å². The molecule has 1 aromatic carbocycles. The average molecular weight is 278 g/mol. The summed E-state index contributed by atoms with van der Waals surface area (Å²) < 4.78 is 5.74. The molecular weight excluding hydrogens is 248 g/mol. The van der Waals surface area contributed by atoms with Gasteiger partial charge in [0.15, 0.2) is 0 Å². The van der Waals surface area contributed by atoms with Crippen LogP contribution in [0.5, 0.6) is 5.75 Å². The van der Waals surface area contributed by atoms with Crippen molar-refractivity contribution in [3.63, 3.8) is 0 Å². The molecule has 0 radical (unpaired) electrons. The number of hydrogen-bond acceptors (Lipinski definition) is 3. The van der Waals surface area contributed by atoms with Crippen LogP contribution in [-0.2, 0) is 6.42 Å². The molecule has 1 aromatic rings. The van der Waals surface area contributed by atoms with E-state index in [2.05, 4.69) is 62.4 Å². The highest BCUT2D eigenvalue weighted by molar-refractivity contribution is 5.27. The Hall–Kier alpha value is -1.06. The minimum atomic E-state index is 0.585. The largest absolute Gasteiger partial charge is 0.494 e. The van der Waals surface area contributed by atoms with Crippen molar-refractivity contribution in [3.05, 3.63) is 29.8 Å².